The molecule has 5 heteroatoms. The van der Waals surface area contributed by atoms with E-state index in [0.717, 1.165) is 6.42 Å². The molecule has 3 nitrogen and oxygen atoms in total. The summed E-state index contributed by atoms with van der Waals surface area (Å²) in [6.45, 7) is 5.91. The van der Waals surface area contributed by atoms with Gasteiger partial charge in [-0.2, -0.15) is 5.26 Å². The van der Waals surface area contributed by atoms with E-state index in [2.05, 4.69) is 6.58 Å². The Morgan fingerprint density at radius 3 is 2.70 bits per heavy atom. The number of halogens is 2. The molecule has 0 saturated heterocycles. The number of amides is 1. The minimum absolute atomic E-state index is 0.132. The molecular weight excluding hydrogens is 295 g/mol. The van der Waals surface area contributed by atoms with Crippen LogP contribution in [0, 0.1) is 11.3 Å². The lowest BCUT2D eigenvalue weighted by Crippen LogP contribution is -2.25. The third-order valence-corrected chi connectivity index (χ3v) is 3.65. The second-order valence-corrected chi connectivity index (χ2v) is 5.24. The van der Waals surface area contributed by atoms with Crippen LogP contribution < -0.4 is 4.90 Å². The monoisotopic (exact) mass is 306 g/mol. The molecule has 102 valence electrons. The number of rotatable bonds is 3. The Hall–Kier alpha value is -1.76. The lowest BCUT2D eigenvalue weighted by atomic mass is 10.1. The molecule has 0 N–H and O–H groups in total. The van der Waals surface area contributed by atoms with E-state index in [4.69, 9.17) is 23.2 Å². The highest BCUT2D eigenvalue weighted by Crippen LogP contribution is 2.39. The van der Waals surface area contributed by atoms with Crippen molar-refractivity contribution in [2.24, 2.45) is 0 Å². The molecule has 0 fully saturated rings. The summed E-state index contributed by atoms with van der Waals surface area (Å²) in [5.41, 5.74) is 1.76. The van der Waals surface area contributed by atoms with E-state index in [-0.39, 0.29) is 5.57 Å². The maximum absolute atomic E-state index is 12.4. The molecular formula is C15H12Cl2N2O. The van der Waals surface area contributed by atoms with Crippen molar-refractivity contribution >= 4 is 34.8 Å². The average molecular weight is 307 g/mol. The Bertz CT molecular complexity index is 671. The molecule has 1 aromatic rings. The van der Waals surface area contributed by atoms with E-state index in [9.17, 15) is 10.1 Å². The molecule has 0 aliphatic carbocycles. The lowest BCUT2D eigenvalue weighted by molar-refractivity contribution is -0.113. The molecule has 2 rings (SSSR count). The topological polar surface area (TPSA) is 44.1 Å². The maximum atomic E-state index is 12.4. The molecule has 1 aromatic carbocycles. The van der Waals surface area contributed by atoms with E-state index in [0.29, 0.717) is 33.4 Å². The molecule has 0 atom stereocenters. The van der Waals surface area contributed by atoms with Gasteiger partial charge in [-0.15, -0.1) is 0 Å². The molecule has 1 amide bonds. The molecule has 0 bridgehead atoms. The first kappa shape index (κ1) is 14.6. The van der Waals surface area contributed by atoms with Crippen LogP contribution in [0.3, 0.4) is 0 Å². The number of hydrogen-bond acceptors (Lipinski definition) is 2. The Labute approximate surface area is 127 Å². The van der Waals surface area contributed by atoms with Gasteiger partial charge in [-0.1, -0.05) is 43.1 Å². The Morgan fingerprint density at radius 1 is 1.40 bits per heavy atom. The number of allylic oxidation sites excluding steroid dienone is 1. The fourth-order valence-corrected chi connectivity index (χ4v) is 2.56. The third kappa shape index (κ3) is 2.33. The number of nitrogens with zero attached hydrogens (tertiary/aromatic N) is 2. The third-order valence-electron chi connectivity index (χ3n) is 3.10. The average Bonchev–Trinajstić information content (AvgIpc) is 2.65. The van der Waals surface area contributed by atoms with Crippen LogP contribution in [0.4, 0.5) is 5.69 Å². The second kappa shape index (κ2) is 5.70. The van der Waals surface area contributed by atoms with Gasteiger partial charge in [0.05, 0.1) is 10.7 Å². The molecule has 1 aliphatic heterocycles. The predicted molar refractivity (Wildman–Crippen MR) is 80.6 cm³/mol. The number of benzene rings is 1. The zero-order valence-electron chi connectivity index (χ0n) is 10.9. The van der Waals surface area contributed by atoms with Crippen LogP contribution in [0.5, 0.6) is 0 Å². The van der Waals surface area contributed by atoms with Crippen LogP contribution in [0.2, 0.25) is 10.0 Å². The lowest BCUT2D eigenvalue weighted by Gasteiger charge is -2.20. The fourth-order valence-electron chi connectivity index (χ4n) is 2.19. The number of hydrogen-bond donors (Lipinski definition) is 0. The predicted octanol–water partition coefficient (Wildman–Crippen LogP) is 4.47. The molecule has 0 unspecified atom stereocenters. The van der Waals surface area contributed by atoms with Crippen LogP contribution in [0.1, 0.15) is 19.8 Å². The summed E-state index contributed by atoms with van der Waals surface area (Å²) in [5, 5.41) is 10.0. The summed E-state index contributed by atoms with van der Waals surface area (Å²) < 4.78 is 0. The van der Waals surface area contributed by atoms with Gasteiger partial charge >= 0.3 is 0 Å². The summed E-state index contributed by atoms with van der Waals surface area (Å²) in [7, 11) is 0. The first-order valence-corrected chi connectivity index (χ1v) is 6.88. The van der Waals surface area contributed by atoms with Crippen molar-refractivity contribution in [2.75, 3.05) is 4.90 Å². The van der Waals surface area contributed by atoms with Gasteiger partial charge in [0, 0.05) is 10.7 Å². The normalized spacial score (nSPS) is 15.0. The van der Waals surface area contributed by atoms with E-state index >= 15 is 0 Å². The zero-order chi connectivity index (χ0) is 14.9. The molecule has 0 spiro atoms. The summed E-state index contributed by atoms with van der Waals surface area (Å²) in [6.07, 6.45) is 1.45. The van der Waals surface area contributed by atoms with Gasteiger partial charge in [0.25, 0.3) is 5.91 Å². The highest BCUT2D eigenvalue weighted by atomic mass is 35.5. The van der Waals surface area contributed by atoms with Crippen LogP contribution in [-0.4, -0.2) is 5.91 Å². The van der Waals surface area contributed by atoms with Gasteiger partial charge in [0.2, 0.25) is 0 Å². The van der Waals surface area contributed by atoms with Gasteiger partial charge in [-0.05, 0) is 30.2 Å². The highest BCUT2D eigenvalue weighted by molar-refractivity contribution is 6.36. The van der Waals surface area contributed by atoms with Crippen molar-refractivity contribution in [3.63, 3.8) is 0 Å². The van der Waals surface area contributed by atoms with Crippen LogP contribution in [0.15, 0.2) is 41.6 Å². The molecule has 1 aliphatic rings. The minimum atomic E-state index is -0.398. The first-order valence-electron chi connectivity index (χ1n) is 6.13. The van der Waals surface area contributed by atoms with Crippen molar-refractivity contribution in [3.05, 3.63) is 51.7 Å². The van der Waals surface area contributed by atoms with Crippen LogP contribution in [0.25, 0.3) is 0 Å². The summed E-state index contributed by atoms with van der Waals surface area (Å²) in [4.78, 5) is 13.7. The fraction of sp³-hybridized carbons (Fsp3) is 0.200. The summed E-state index contributed by atoms with van der Waals surface area (Å²) in [6, 6.07) is 6.81. The molecule has 0 radical (unpaired) electrons. The second-order valence-electron chi connectivity index (χ2n) is 4.40. The van der Waals surface area contributed by atoms with E-state index in [1.54, 1.807) is 18.2 Å². The van der Waals surface area contributed by atoms with Crippen molar-refractivity contribution in [1.82, 2.24) is 0 Å². The van der Waals surface area contributed by atoms with Crippen LogP contribution >= 0.6 is 23.2 Å². The Morgan fingerprint density at radius 2 is 2.10 bits per heavy atom. The van der Waals surface area contributed by atoms with E-state index < -0.39 is 5.91 Å². The van der Waals surface area contributed by atoms with E-state index in [1.807, 2.05) is 13.0 Å². The molecule has 0 aromatic heterocycles. The number of carbonyl (C=O) groups is 1. The van der Waals surface area contributed by atoms with E-state index in [1.165, 1.54) is 4.90 Å². The summed E-state index contributed by atoms with van der Waals surface area (Å²) in [5.74, 6) is -0.398. The first-order chi connectivity index (χ1) is 9.51. The SMILES string of the molecule is C=C1C(CCC)=C(C#N)C(=O)N1c1cc(Cl)ccc1Cl. The van der Waals surface area contributed by atoms with Gasteiger partial charge in [0.15, 0.2) is 0 Å². The Balaban J connectivity index is 2.52. The largest absolute Gasteiger partial charge is 0.275 e. The van der Waals surface area contributed by atoms with Crippen LogP contribution in [-0.2, 0) is 4.79 Å². The Kier molecular flexibility index (Phi) is 4.17. The van der Waals surface area contributed by atoms with Crippen molar-refractivity contribution in [3.8, 4) is 6.07 Å². The maximum Gasteiger partial charge on any atom is 0.273 e. The van der Waals surface area contributed by atoms with Crippen molar-refractivity contribution in [2.45, 2.75) is 19.8 Å². The van der Waals surface area contributed by atoms with Crippen molar-refractivity contribution < 1.29 is 4.79 Å². The van der Waals surface area contributed by atoms with Gasteiger partial charge in [-0.25, -0.2) is 0 Å². The molecule has 1 heterocycles. The van der Waals surface area contributed by atoms with Crippen molar-refractivity contribution in [1.29, 1.82) is 5.26 Å². The smallest absolute Gasteiger partial charge is 0.273 e. The minimum Gasteiger partial charge on any atom is -0.275 e. The number of anilines is 1. The molecule has 20 heavy (non-hydrogen) atoms. The quantitative estimate of drug-likeness (QED) is 0.826. The highest BCUT2D eigenvalue weighted by Gasteiger charge is 2.35. The van der Waals surface area contributed by atoms with Gasteiger partial charge in [-0.3, -0.25) is 9.69 Å². The van der Waals surface area contributed by atoms with Gasteiger partial charge < -0.3 is 0 Å². The number of carbonyl (C=O) groups excluding carboxylic acids is 1. The standard InChI is InChI=1S/C15H12Cl2N2O/c1-3-4-11-9(2)19(15(20)12(11)8-18)14-7-10(16)5-6-13(14)17/h5-7H,2-4H2,1H3. The molecule has 0 saturated carbocycles. The summed E-state index contributed by atoms with van der Waals surface area (Å²) >= 11 is 12.1. The zero-order valence-corrected chi connectivity index (χ0v) is 12.4. The number of nitriles is 1. The van der Waals surface area contributed by atoms with Gasteiger partial charge in [0.1, 0.15) is 11.6 Å².